The minimum atomic E-state index is -4.56. The molecule has 3 aromatic rings. The molecule has 3 aliphatic heterocycles. The van der Waals surface area contributed by atoms with E-state index in [0.717, 1.165) is 18.5 Å². The summed E-state index contributed by atoms with van der Waals surface area (Å²) in [6, 6.07) is 11.5. The van der Waals surface area contributed by atoms with Crippen LogP contribution >= 0.6 is 0 Å². The van der Waals surface area contributed by atoms with Crippen LogP contribution in [-0.4, -0.2) is 30.7 Å². The lowest BCUT2D eigenvalue weighted by atomic mass is 9.77. The Morgan fingerprint density at radius 3 is 2.52 bits per heavy atom. The molecule has 2 aromatic carbocycles. The number of anilines is 1. The Bertz CT molecular complexity index is 1290. The Balaban J connectivity index is 1.48. The van der Waals surface area contributed by atoms with Crippen LogP contribution in [0.25, 0.3) is 0 Å². The molecule has 1 amide bonds. The summed E-state index contributed by atoms with van der Waals surface area (Å²) in [4.78, 5) is 19.2. The largest absolute Gasteiger partial charge is 0.491 e. The number of hydrogen-bond donors (Lipinski definition) is 0. The molecule has 0 aliphatic carbocycles. The summed E-state index contributed by atoms with van der Waals surface area (Å²) in [5.41, 5.74) is -0.219. The Morgan fingerprint density at radius 1 is 0.970 bits per heavy atom. The van der Waals surface area contributed by atoms with Crippen molar-refractivity contribution in [3.8, 4) is 17.2 Å². The fourth-order valence-electron chi connectivity index (χ4n) is 4.87. The van der Waals surface area contributed by atoms with Gasteiger partial charge in [0, 0.05) is 35.3 Å². The van der Waals surface area contributed by atoms with E-state index in [2.05, 4.69) is 4.98 Å². The van der Waals surface area contributed by atoms with Gasteiger partial charge in [0.1, 0.15) is 31.0 Å². The fraction of sp³-hybridized carbons (Fsp3) is 0.250. The zero-order valence-corrected chi connectivity index (χ0v) is 17.2. The van der Waals surface area contributed by atoms with E-state index in [1.54, 1.807) is 30.3 Å². The predicted molar refractivity (Wildman–Crippen MR) is 111 cm³/mol. The molecule has 6 rings (SSSR count). The lowest BCUT2D eigenvalue weighted by Gasteiger charge is -2.25. The first-order valence-corrected chi connectivity index (χ1v) is 10.4. The second kappa shape index (κ2) is 6.87. The maximum absolute atomic E-state index is 14.0. The molecule has 0 fully saturated rings. The minimum Gasteiger partial charge on any atom is -0.491 e. The van der Waals surface area contributed by atoms with Gasteiger partial charge >= 0.3 is 6.18 Å². The molecule has 1 aromatic heterocycles. The number of ether oxygens (including phenoxy) is 3. The highest BCUT2D eigenvalue weighted by Gasteiger charge is 2.57. The average molecular weight is 454 g/mol. The van der Waals surface area contributed by atoms with Gasteiger partial charge < -0.3 is 19.1 Å². The van der Waals surface area contributed by atoms with Crippen molar-refractivity contribution in [1.82, 2.24) is 4.98 Å². The van der Waals surface area contributed by atoms with Gasteiger partial charge in [-0.3, -0.25) is 9.78 Å². The molecule has 9 heteroatoms. The molecule has 1 atom stereocenters. The number of nitrogens with zero attached hydrogens (tertiary/aromatic N) is 2. The number of pyridine rings is 1. The smallest absolute Gasteiger partial charge is 0.416 e. The van der Waals surface area contributed by atoms with Crippen molar-refractivity contribution in [1.29, 1.82) is 0 Å². The molecule has 0 saturated heterocycles. The highest BCUT2D eigenvalue weighted by atomic mass is 19.4. The van der Waals surface area contributed by atoms with Crippen LogP contribution in [0, 0.1) is 0 Å². The van der Waals surface area contributed by atoms with Crippen LogP contribution in [0.2, 0.25) is 0 Å². The summed E-state index contributed by atoms with van der Waals surface area (Å²) < 4.78 is 58.0. The molecule has 4 heterocycles. The van der Waals surface area contributed by atoms with Gasteiger partial charge in [0.25, 0.3) is 0 Å². The second-order valence-electron chi connectivity index (χ2n) is 8.13. The Labute approximate surface area is 186 Å². The number of amides is 1. The van der Waals surface area contributed by atoms with Crippen LogP contribution in [0.1, 0.15) is 22.3 Å². The highest BCUT2D eigenvalue weighted by Crippen LogP contribution is 2.55. The molecule has 0 bridgehead atoms. The number of halogens is 3. The number of rotatable bonds is 2. The van der Waals surface area contributed by atoms with Crippen molar-refractivity contribution in [3.63, 3.8) is 0 Å². The van der Waals surface area contributed by atoms with Gasteiger partial charge in [-0.15, -0.1) is 0 Å². The first-order valence-electron chi connectivity index (χ1n) is 10.4. The number of alkyl halides is 3. The van der Waals surface area contributed by atoms with Crippen molar-refractivity contribution < 1.29 is 32.2 Å². The summed E-state index contributed by atoms with van der Waals surface area (Å²) in [5.74, 6) is 1.20. The van der Waals surface area contributed by atoms with Crippen molar-refractivity contribution in [2.24, 2.45) is 0 Å². The first kappa shape index (κ1) is 19.9. The molecule has 0 saturated carbocycles. The van der Waals surface area contributed by atoms with Gasteiger partial charge in [-0.25, -0.2) is 0 Å². The van der Waals surface area contributed by atoms with E-state index in [4.69, 9.17) is 14.2 Å². The minimum absolute atomic E-state index is 0.0384. The van der Waals surface area contributed by atoms with Crippen LogP contribution in [0.15, 0.2) is 54.9 Å². The molecule has 168 valence electrons. The number of benzene rings is 2. The van der Waals surface area contributed by atoms with E-state index < -0.39 is 17.2 Å². The van der Waals surface area contributed by atoms with Crippen LogP contribution in [0.5, 0.6) is 17.2 Å². The van der Waals surface area contributed by atoms with E-state index in [0.29, 0.717) is 47.3 Å². The van der Waals surface area contributed by atoms with Gasteiger partial charge in [0.05, 0.1) is 12.1 Å². The fourth-order valence-corrected chi connectivity index (χ4v) is 4.87. The monoisotopic (exact) mass is 454 g/mol. The third-order valence-corrected chi connectivity index (χ3v) is 6.35. The van der Waals surface area contributed by atoms with Gasteiger partial charge in [-0.1, -0.05) is 18.2 Å². The van der Waals surface area contributed by atoms with E-state index in [9.17, 15) is 18.0 Å². The van der Waals surface area contributed by atoms with Crippen LogP contribution in [0.3, 0.4) is 0 Å². The van der Waals surface area contributed by atoms with Crippen molar-refractivity contribution in [3.05, 3.63) is 77.1 Å². The van der Waals surface area contributed by atoms with Gasteiger partial charge in [-0.05, 0) is 23.8 Å². The number of para-hydroxylation sites is 1. The lowest BCUT2D eigenvalue weighted by Crippen LogP contribution is -2.42. The van der Waals surface area contributed by atoms with Gasteiger partial charge in [0.2, 0.25) is 5.91 Å². The number of carbonyl (C=O) groups is 1. The summed E-state index contributed by atoms with van der Waals surface area (Å²) in [7, 11) is 0. The molecule has 1 spiro atoms. The van der Waals surface area contributed by atoms with Crippen molar-refractivity contribution >= 4 is 11.6 Å². The second-order valence-corrected chi connectivity index (χ2v) is 8.13. The predicted octanol–water partition coefficient (Wildman–Crippen LogP) is 4.10. The molecule has 6 nitrogen and oxygen atoms in total. The Morgan fingerprint density at radius 2 is 1.73 bits per heavy atom. The zero-order valence-electron chi connectivity index (χ0n) is 17.2. The highest BCUT2D eigenvalue weighted by molar-refractivity contribution is 6.11. The molecule has 3 aliphatic rings. The van der Waals surface area contributed by atoms with Gasteiger partial charge in [-0.2, -0.15) is 13.2 Å². The number of carbonyl (C=O) groups excluding carboxylic acids is 1. The topological polar surface area (TPSA) is 60.9 Å². The standard InChI is InChI=1S/C24H17F3N2O4/c25-24(26,27)15-5-6-28-11-14(15)12-29-18-4-2-1-3-16(18)23(22(29)30)13-33-19-10-21-20(9-17(19)23)31-7-8-32-21/h1-6,9-11H,7-8,12-13H2. The third-order valence-electron chi connectivity index (χ3n) is 6.35. The number of fused-ring (bicyclic) bond motifs is 5. The van der Waals surface area contributed by atoms with E-state index in [1.807, 2.05) is 6.07 Å². The maximum atomic E-state index is 14.0. The maximum Gasteiger partial charge on any atom is 0.416 e. The summed E-state index contributed by atoms with van der Waals surface area (Å²) in [6.45, 7) is 0.577. The number of hydrogen-bond acceptors (Lipinski definition) is 5. The quantitative estimate of drug-likeness (QED) is 0.584. The molecule has 33 heavy (non-hydrogen) atoms. The van der Waals surface area contributed by atoms with E-state index >= 15 is 0 Å². The molecular formula is C24H17F3N2O4. The summed E-state index contributed by atoms with van der Waals surface area (Å²) in [6.07, 6.45) is -2.30. The Hall–Kier alpha value is -3.75. The lowest BCUT2D eigenvalue weighted by molar-refractivity contribution is -0.138. The van der Waals surface area contributed by atoms with Crippen LogP contribution in [0.4, 0.5) is 18.9 Å². The SMILES string of the molecule is O=C1N(Cc2cnccc2C(F)(F)F)c2ccccc2C12COc1cc3c(cc12)OCCO3. The molecule has 1 unspecified atom stereocenters. The zero-order chi connectivity index (χ0) is 22.8. The third kappa shape index (κ3) is 2.81. The Kier molecular flexibility index (Phi) is 4.14. The summed E-state index contributed by atoms with van der Waals surface area (Å²) in [5, 5.41) is 0. The van der Waals surface area contributed by atoms with Crippen molar-refractivity contribution in [2.75, 3.05) is 24.7 Å². The first-order chi connectivity index (χ1) is 15.9. The van der Waals surface area contributed by atoms with E-state index in [1.165, 1.54) is 4.90 Å². The molecule has 0 N–H and O–H groups in total. The number of aromatic nitrogens is 1. The average Bonchev–Trinajstić information content (AvgIpc) is 3.29. The van der Waals surface area contributed by atoms with Crippen molar-refractivity contribution in [2.45, 2.75) is 18.1 Å². The molecular weight excluding hydrogens is 437 g/mol. The summed E-state index contributed by atoms with van der Waals surface area (Å²) >= 11 is 0. The van der Waals surface area contributed by atoms with Crippen LogP contribution in [-0.2, 0) is 22.9 Å². The normalized spacial score (nSPS) is 20.6. The molecule has 0 radical (unpaired) electrons. The van der Waals surface area contributed by atoms with Crippen LogP contribution < -0.4 is 19.1 Å². The van der Waals surface area contributed by atoms with Gasteiger partial charge in [0.15, 0.2) is 11.5 Å². The van der Waals surface area contributed by atoms with E-state index in [-0.39, 0.29) is 24.6 Å².